The third-order valence-corrected chi connectivity index (χ3v) is 4.06. The van der Waals surface area contributed by atoms with E-state index in [9.17, 15) is 13.2 Å². The number of anilines is 1. The minimum absolute atomic E-state index is 0.166. The van der Waals surface area contributed by atoms with Crippen LogP contribution in [0.25, 0.3) is 11.3 Å². The summed E-state index contributed by atoms with van der Waals surface area (Å²) in [6, 6.07) is 8.55. The summed E-state index contributed by atoms with van der Waals surface area (Å²) in [6.07, 6.45) is -0.828. The molecule has 7 heteroatoms. The first-order chi connectivity index (χ1) is 11.7. The highest BCUT2D eigenvalue weighted by atomic mass is 35.5. The van der Waals surface area contributed by atoms with Gasteiger partial charge in [0, 0.05) is 23.0 Å². The smallest absolute Gasteiger partial charge is 0.278 e. The number of nitrogens with zero attached hydrogens (tertiary/aromatic N) is 2. The highest BCUT2D eigenvalue weighted by Crippen LogP contribution is 2.37. The van der Waals surface area contributed by atoms with E-state index in [2.05, 4.69) is 10.4 Å². The molecule has 3 aromatic rings. The van der Waals surface area contributed by atoms with Crippen LogP contribution in [-0.4, -0.2) is 9.66 Å². The first-order valence-corrected chi connectivity index (χ1v) is 7.88. The Kier molecular flexibility index (Phi) is 4.47. The highest BCUT2D eigenvalue weighted by Gasteiger charge is 2.34. The second-order valence-electron chi connectivity index (χ2n) is 5.74. The van der Waals surface area contributed by atoms with E-state index in [-0.39, 0.29) is 5.69 Å². The molecule has 0 aliphatic rings. The fourth-order valence-corrected chi connectivity index (χ4v) is 2.65. The summed E-state index contributed by atoms with van der Waals surface area (Å²) in [5, 5.41) is 0.349. The third-order valence-electron chi connectivity index (χ3n) is 3.83. The lowest BCUT2D eigenvalue weighted by molar-refractivity contribution is -0.137. The Morgan fingerprint density at radius 3 is 2.32 bits per heavy atom. The predicted octanol–water partition coefficient (Wildman–Crippen LogP) is 5.71. The van der Waals surface area contributed by atoms with Crippen LogP contribution >= 0.6 is 11.6 Å². The molecule has 0 bridgehead atoms. The van der Waals surface area contributed by atoms with E-state index >= 15 is 0 Å². The summed E-state index contributed by atoms with van der Waals surface area (Å²) in [5.74, 6) is 0.304. The second kappa shape index (κ2) is 6.44. The lowest BCUT2D eigenvalue weighted by Crippen LogP contribution is -2.12. The van der Waals surface area contributed by atoms with Crippen molar-refractivity contribution >= 4 is 17.4 Å². The van der Waals surface area contributed by atoms with Gasteiger partial charge in [-0.15, -0.1) is 0 Å². The van der Waals surface area contributed by atoms with Crippen molar-refractivity contribution in [3.8, 4) is 11.3 Å². The molecule has 0 fully saturated rings. The maximum absolute atomic E-state index is 13.4. The van der Waals surface area contributed by atoms with Gasteiger partial charge in [-0.05, 0) is 49.2 Å². The van der Waals surface area contributed by atoms with Gasteiger partial charge in [-0.1, -0.05) is 23.7 Å². The van der Waals surface area contributed by atoms with Crippen molar-refractivity contribution in [1.29, 1.82) is 0 Å². The summed E-state index contributed by atoms with van der Waals surface area (Å²) in [7, 11) is 0. The third kappa shape index (κ3) is 3.79. The Morgan fingerprint density at radius 1 is 1.04 bits per heavy atom. The number of alkyl halides is 3. The fourth-order valence-electron chi connectivity index (χ4n) is 2.46. The summed E-state index contributed by atoms with van der Waals surface area (Å²) >= 11 is 5.92. The Hall–Kier alpha value is -2.47. The number of aromatic nitrogens is 2. The molecule has 0 saturated heterocycles. The number of hydrogen-bond acceptors (Lipinski definition) is 2. The molecule has 0 spiro atoms. The zero-order valence-electron chi connectivity index (χ0n) is 13.5. The summed E-state index contributed by atoms with van der Waals surface area (Å²) < 4.78 is 41.7. The number of rotatable bonds is 3. The molecule has 0 saturated carbocycles. The van der Waals surface area contributed by atoms with E-state index < -0.39 is 11.7 Å². The molecule has 3 rings (SSSR count). The average molecular weight is 366 g/mol. The maximum Gasteiger partial charge on any atom is 0.418 e. The largest absolute Gasteiger partial charge is 0.418 e. The zero-order valence-corrected chi connectivity index (χ0v) is 14.3. The van der Waals surface area contributed by atoms with Crippen LogP contribution in [0.15, 0.2) is 48.8 Å². The molecule has 130 valence electrons. The van der Waals surface area contributed by atoms with E-state index in [0.717, 1.165) is 17.2 Å². The van der Waals surface area contributed by atoms with Gasteiger partial charge in [-0.25, -0.2) is 4.98 Å². The molecular formula is C18H15ClF3N3. The van der Waals surface area contributed by atoms with Gasteiger partial charge in [0.05, 0.1) is 11.3 Å². The molecule has 3 nitrogen and oxygen atoms in total. The maximum atomic E-state index is 13.4. The molecule has 0 aliphatic carbocycles. The number of halogens is 4. The normalized spacial score (nSPS) is 11.6. The number of pyridine rings is 1. The van der Waals surface area contributed by atoms with E-state index in [0.29, 0.717) is 16.4 Å². The first kappa shape index (κ1) is 17.4. The SMILES string of the molecule is Cc1cn(Nc2ccc(C(F)(F)F)c(-c3cccc(Cl)c3)n2)cc1C. The zero-order chi connectivity index (χ0) is 18.2. The van der Waals surface area contributed by atoms with Gasteiger partial charge in [0.15, 0.2) is 0 Å². The lowest BCUT2D eigenvalue weighted by Gasteiger charge is -2.15. The fraction of sp³-hybridized carbons (Fsp3) is 0.167. The van der Waals surface area contributed by atoms with Crippen LogP contribution in [0.1, 0.15) is 16.7 Å². The Labute approximate surface area is 148 Å². The van der Waals surface area contributed by atoms with Gasteiger partial charge in [-0.3, -0.25) is 10.1 Å². The number of nitrogens with one attached hydrogen (secondary N) is 1. The molecule has 0 radical (unpaired) electrons. The monoisotopic (exact) mass is 365 g/mol. The van der Waals surface area contributed by atoms with Crippen LogP contribution < -0.4 is 5.43 Å². The molecule has 1 aromatic carbocycles. The molecule has 0 atom stereocenters. The van der Waals surface area contributed by atoms with Crippen LogP contribution in [-0.2, 0) is 6.18 Å². The topological polar surface area (TPSA) is 29.9 Å². The minimum Gasteiger partial charge on any atom is -0.278 e. The van der Waals surface area contributed by atoms with Crippen molar-refractivity contribution in [3.63, 3.8) is 0 Å². The van der Waals surface area contributed by atoms with Crippen LogP contribution in [0.5, 0.6) is 0 Å². The summed E-state index contributed by atoms with van der Waals surface area (Å²) in [5.41, 5.74) is 4.44. The van der Waals surface area contributed by atoms with E-state index in [1.165, 1.54) is 12.1 Å². The Morgan fingerprint density at radius 2 is 1.72 bits per heavy atom. The van der Waals surface area contributed by atoms with Crippen LogP contribution in [0.3, 0.4) is 0 Å². The quantitative estimate of drug-likeness (QED) is 0.643. The molecule has 0 amide bonds. The highest BCUT2D eigenvalue weighted by molar-refractivity contribution is 6.30. The molecule has 25 heavy (non-hydrogen) atoms. The van der Waals surface area contributed by atoms with Crippen LogP contribution in [0, 0.1) is 13.8 Å². The number of hydrogen-bond donors (Lipinski definition) is 1. The number of benzene rings is 1. The van der Waals surface area contributed by atoms with Gasteiger partial charge in [-0.2, -0.15) is 13.2 Å². The number of aryl methyl sites for hydroxylation is 2. The second-order valence-corrected chi connectivity index (χ2v) is 6.18. The van der Waals surface area contributed by atoms with Crippen LogP contribution in [0.4, 0.5) is 19.0 Å². The van der Waals surface area contributed by atoms with E-state index in [4.69, 9.17) is 11.6 Å². The van der Waals surface area contributed by atoms with Crippen molar-refractivity contribution in [2.45, 2.75) is 20.0 Å². The van der Waals surface area contributed by atoms with Gasteiger partial charge in [0.25, 0.3) is 0 Å². The predicted molar refractivity (Wildman–Crippen MR) is 92.6 cm³/mol. The summed E-state index contributed by atoms with van der Waals surface area (Å²) in [4.78, 5) is 4.17. The van der Waals surface area contributed by atoms with Crippen molar-refractivity contribution in [2.75, 3.05) is 5.43 Å². The van der Waals surface area contributed by atoms with Crippen LogP contribution in [0.2, 0.25) is 5.02 Å². The van der Waals surface area contributed by atoms with E-state index in [1.54, 1.807) is 22.9 Å². The van der Waals surface area contributed by atoms with Crippen molar-refractivity contribution in [2.24, 2.45) is 0 Å². The van der Waals surface area contributed by atoms with E-state index in [1.807, 2.05) is 26.2 Å². The summed E-state index contributed by atoms with van der Waals surface area (Å²) in [6.45, 7) is 3.90. The first-order valence-electron chi connectivity index (χ1n) is 7.50. The molecule has 0 aliphatic heterocycles. The molecule has 2 aromatic heterocycles. The van der Waals surface area contributed by atoms with Gasteiger partial charge in [0.2, 0.25) is 0 Å². The average Bonchev–Trinajstić information content (AvgIpc) is 2.84. The van der Waals surface area contributed by atoms with Crippen molar-refractivity contribution in [3.05, 3.63) is 70.5 Å². The molecule has 2 heterocycles. The van der Waals surface area contributed by atoms with Gasteiger partial charge < -0.3 is 0 Å². The van der Waals surface area contributed by atoms with Gasteiger partial charge >= 0.3 is 6.18 Å². The Balaban J connectivity index is 2.06. The molecular weight excluding hydrogens is 351 g/mol. The van der Waals surface area contributed by atoms with Gasteiger partial charge in [0.1, 0.15) is 5.82 Å². The lowest BCUT2D eigenvalue weighted by atomic mass is 10.1. The minimum atomic E-state index is -4.51. The Bertz CT molecular complexity index is 897. The standard InChI is InChI=1S/C18H15ClF3N3/c1-11-9-25(10-12(11)2)24-16-7-6-15(18(20,21)22)17(23-16)13-4-3-5-14(19)8-13/h3-10H,1-2H3,(H,23,24). The van der Waals surface area contributed by atoms with Crippen molar-refractivity contribution in [1.82, 2.24) is 9.66 Å². The molecule has 0 unspecified atom stereocenters. The molecule has 1 N–H and O–H groups in total. The van der Waals surface area contributed by atoms with Crippen molar-refractivity contribution < 1.29 is 13.2 Å².